The first-order valence-corrected chi connectivity index (χ1v) is 10.6. The molecule has 0 aliphatic carbocycles. The van der Waals surface area contributed by atoms with Gasteiger partial charge in [0.05, 0.1) is 11.9 Å². The van der Waals surface area contributed by atoms with E-state index in [0.717, 1.165) is 38.4 Å². The summed E-state index contributed by atoms with van der Waals surface area (Å²) in [6.07, 6.45) is 1.58. The lowest BCUT2D eigenvalue weighted by Crippen LogP contribution is -2.17. The number of nitrogens with one attached hydrogen (secondary N) is 1. The smallest absolute Gasteiger partial charge is 0.283 e. The minimum Gasteiger partial charge on any atom is -0.489 e. The number of carbonyl (C=O) groups is 1. The molecule has 31 heavy (non-hydrogen) atoms. The van der Waals surface area contributed by atoms with E-state index in [9.17, 15) is 4.79 Å². The quantitative estimate of drug-likeness (QED) is 0.338. The Morgan fingerprint density at radius 1 is 1.16 bits per heavy atom. The second kappa shape index (κ2) is 8.97. The molecule has 156 valence electrons. The number of amides is 1. The second-order valence-electron chi connectivity index (χ2n) is 7.15. The fourth-order valence-corrected chi connectivity index (χ4v) is 4.35. The molecule has 0 aliphatic heterocycles. The number of nitrogens with zero attached hydrogens (tertiary/aromatic N) is 2. The van der Waals surface area contributed by atoms with E-state index in [1.807, 2.05) is 74.5 Å². The van der Waals surface area contributed by atoms with Crippen molar-refractivity contribution in [3.63, 3.8) is 0 Å². The van der Waals surface area contributed by atoms with Crippen LogP contribution in [0.3, 0.4) is 0 Å². The Morgan fingerprint density at radius 3 is 2.65 bits per heavy atom. The van der Waals surface area contributed by atoms with Crippen LogP contribution in [0.4, 0.5) is 5.69 Å². The van der Waals surface area contributed by atoms with Gasteiger partial charge in [-0.3, -0.25) is 4.79 Å². The van der Waals surface area contributed by atoms with Crippen LogP contribution in [0.2, 0.25) is 0 Å². The van der Waals surface area contributed by atoms with Gasteiger partial charge >= 0.3 is 0 Å². The van der Waals surface area contributed by atoms with Crippen molar-refractivity contribution in [2.75, 3.05) is 5.73 Å². The van der Waals surface area contributed by atoms with Gasteiger partial charge in [-0.2, -0.15) is 5.10 Å². The topological polar surface area (TPSA) is 89.6 Å². The molecule has 0 unspecified atom stereocenters. The number of fused-ring (bicyclic) bond motifs is 1. The molecule has 7 heteroatoms. The zero-order chi connectivity index (χ0) is 21.8. The highest BCUT2D eigenvalue weighted by atomic mass is 32.1. The molecule has 0 atom stereocenters. The number of carbonyl (C=O) groups excluding carboxylic acids is 1. The van der Waals surface area contributed by atoms with Gasteiger partial charge in [0.1, 0.15) is 22.1 Å². The number of hydrogen-bond donors (Lipinski definition) is 2. The molecule has 0 bridgehead atoms. The lowest BCUT2D eigenvalue weighted by Gasteiger charge is -2.06. The third-order valence-electron chi connectivity index (χ3n) is 4.74. The summed E-state index contributed by atoms with van der Waals surface area (Å²) in [6, 6.07) is 19.4. The Morgan fingerprint density at radius 2 is 1.90 bits per heavy atom. The van der Waals surface area contributed by atoms with Gasteiger partial charge in [-0.1, -0.05) is 30.3 Å². The van der Waals surface area contributed by atoms with Crippen molar-refractivity contribution in [1.29, 1.82) is 0 Å². The van der Waals surface area contributed by atoms with Crippen molar-refractivity contribution in [2.45, 2.75) is 20.5 Å². The number of hydrogen-bond acceptors (Lipinski definition) is 6. The van der Waals surface area contributed by atoms with Crippen LogP contribution >= 0.6 is 11.3 Å². The molecule has 2 heterocycles. The van der Waals surface area contributed by atoms with Crippen molar-refractivity contribution in [3.05, 3.63) is 87.9 Å². The summed E-state index contributed by atoms with van der Waals surface area (Å²) in [5, 5.41) is 4.89. The SMILES string of the molecule is Cc1cc(C)c2c(N)c(C(=O)N/N=C/c3ccc(OCc4ccccc4)cc3)sc2n1. The number of benzene rings is 2. The maximum Gasteiger partial charge on any atom is 0.283 e. The van der Waals surface area contributed by atoms with Crippen molar-refractivity contribution in [2.24, 2.45) is 5.10 Å². The van der Waals surface area contributed by atoms with Gasteiger partial charge in [-0.15, -0.1) is 11.3 Å². The van der Waals surface area contributed by atoms with Gasteiger partial charge in [0.2, 0.25) is 0 Å². The molecule has 4 rings (SSSR count). The number of aryl methyl sites for hydroxylation is 2. The number of thiophene rings is 1. The zero-order valence-corrected chi connectivity index (χ0v) is 18.1. The van der Waals surface area contributed by atoms with Crippen molar-refractivity contribution < 1.29 is 9.53 Å². The van der Waals surface area contributed by atoms with Crippen LogP contribution in [0.1, 0.15) is 32.1 Å². The summed E-state index contributed by atoms with van der Waals surface area (Å²) in [6.45, 7) is 4.40. The van der Waals surface area contributed by atoms with Crippen molar-refractivity contribution in [3.8, 4) is 5.75 Å². The summed E-state index contributed by atoms with van der Waals surface area (Å²) >= 11 is 1.27. The third-order valence-corrected chi connectivity index (χ3v) is 5.84. The van der Waals surface area contributed by atoms with E-state index in [-0.39, 0.29) is 5.91 Å². The molecule has 0 aliphatic rings. The van der Waals surface area contributed by atoms with Crippen LogP contribution < -0.4 is 15.9 Å². The monoisotopic (exact) mass is 430 g/mol. The van der Waals surface area contributed by atoms with Crippen LogP contribution in [-0.2, 0) is 6.61 Å². The Kier molecular flexibility index (Phi) is 5.95. The van der Waals surface area contributed by atoms with E-state index in [4.69, 9.17) is 10.5 Å². The molecule has 0 saturated carbocycles. The second-order valence-corrected chi connectivity index (χ2v) is 8.15. The molecule has 1 amide bonds. The molecular formula is C24H22N4O2S. The lowest BCUT2D eigenvalue weighted by atomic mass is 10.1. The summed E-state index contributed by atoms with van der Waals surface area (Å²) in [5.41, 5.74) is 13.0. The lowest BCUT2D eigenvalue weighted by molar-refractivity contribution is 0.0960. The van der Waals surface area contributed by atoms with E-state index in [1.54, 1.807) is 6.21 Å². The number of aromatic nitrogens is 1. The van der Waals surface area contributed by atoms with Gasteiger partial charge in [0.25, 0.3) is 5.91 Å². The predicted molar refractivity (Wildman–Crippen MR) is 126 cm³/mol. The normalized spacial score (nSPS) is 11.2. The third kappa shape index (κ3) is 4.73. The van der Waals surface area contributed by atoms with Gasteiger partial charge in [0, 0.05) is 11.1 Å². The van der Waals surface area contributed by atoms with E-state index in [1.165, 1.54) is 11.3 Å². The first-order chi connectivity index (χ1) is 15.0. The fraction of sp³-hybridized carbons (Fsp3) is 0.125. The first kappa shape index (κ1) is 20.6. The highest BCUT2D eigenvalue weighted by Crippen LogP contribution is 2.34. The highest BCUT2D eigenvalue weighted by Gasteiger charge is 2.18. The van der Waals surface area contributed by atoms with Gasteiger partial charge in [0.15, 0.2) is 0 Å². The predicted octanol–water partition coefficient (Wildman–Crippen LogP) is 4.84. The summed E-state index contributed by atoms with van der Waals surface area (Å²) in [5.74, 6) is 0.415. The Labute approximate surface area is 184 Å². The number of anilines is 1. The Balaban J connectivity index is 1.38. The Hall–Kier alpha value is -3.71. The van der Waals surface area contributed by atoms with Crippen molar-refractivity contribution >= 4 is 39.4 Å². The van der Waals surface area contributed by atoms with Gasteiger partial charge in [-0.25, -0.2) is 10.4 Å². The number of nitrogen functional groups attached to an aromatic ring is 1. The maximum atomic E-state index is 12.6. The van der Waals surface area contributed by atoms with Crippen LogP contribution in [-0.4, -0.2) is 17.1 Å². The molecule has 4 aromatic rings. The van der Waals surface area contributed by atoms with E-state index in [0.29, 0.717) is 17.2 Å². The standard InChI is InChI=1S/C24H22N4O2S/c1-15-12-16(2)27-24-20(15)21(25)22(31-24)23(29)28-26-13-17-8-10-19(11-9-17)30-14-18-6-4-3-5-7-18/h3-13H,14,25H2,1-2H3,(H,28,29)/b26-13+. The molecule has 2 aromatic carbocycles. The van der Waals surface area contributed by atoms with E-state index >= 15 is 0 Å². The minimum absolute atomic E-state index is 0.350. The summed E-state index contributed by atoms with van der Waals surface area (Å²) < 4.78 is 5.77. The number of rotatable bonds is 6. The number of nitrogens with two attached hydrogens (primary N) is 1. The van der Waals surface area contributed by atoms with Crippen LogP contribution in [0.5, 0.6) is 5.75 Å². The number of ether oxygens (including phenoxy) is 1. The zero-order valence-electron chi connectivity index (χ0n) is 17.3. The van der Waals surface area contributed by atoms with E-state index in [2.05, 4.69) is 15.5 Å². The molecule has 0 spiro atoms. The molecule has 6 nitrogen and oxygen atoms in total. The van der Waals surface area contributed by atoms with Gasteiger partial charge in [-0.05, 0) is 60.9 Å². The first-order valence-electron chi connectivity index (χ1n) is 9.77. The number of hydrazone groups is 1. The summed E-state index contributed by atoms with van der Waals surface area (Å²) in [4.78, 5) is 18.2. The molecule has 2 aromatic heterocycles. The number of pyridine rings is 1. The average molecular weight is 431 g/mol. The summed E-state index contributed by atoms with van der Waals surface area (Å²) in [7, 11) is 0. The van der Waals surface area contributed by atoms with E-state index < -0.39 is 0 Å². The largest absolute Gasteiger partial charge is 0.489 e. The van der Waals surface area contributed by atoms with Crippen molar-refractivity contribution in [1.82, 2.24) is 10.4 Å². The molecule has 0 saturated heterocycles. The van der Waals surface area contributed by atoms with Crippen LogP contribution in [0.15, 0.2) is 65.8 Å². The molecule has 3 N–H and O–H groups in total. The Bertz CT molecular complexity index is 1250. The van der Waals surface area contributed by atoms with Crippen LogP contribution in [0.25, 0.3) is 10.2 Å². The minimum atomic E-state index is -0.350. The highest BCUT2D eigenvalue weighted by molar-refractivity contribution is 7.21. The van der Waals surface area contributed by atoms with Gasteiger partial charge < -0.3 is 10.5 Å². The molecule has 0 fully saturated rings. The molecule has 0 radical (unpaired) electrons. The molecular weight excluding hydrogens is 408 g/mol. The fourth-order valence-electron chi connectivity index (χ4n) is 3.25. The average Bonchev–Trinajstić information content (AvgIpc) is 3.10. The van der Waals surface area contributed by atoms with Crippen LogP contribution in [0, 0.1) is 13.8 Å². The maximum absolute atomic E-state index is 12.6.